The Morgan fingerprint density at radius 1 is 1.35 bits per heavy atom. The average Bonchev–Trinajstić information content (AvgIpc) is 2.30. The minimum Gasteiger partial charge on any atom is -0.399 e. The molecule has 1 atom stereocenters. The van der Waals surface area contributed by atoms with Crippen molar-refractivity contribution in [3.05, 3.63) is 29.3 Å². The van der Waals surface area contributed by atoms with E-state index >= 15 is 0 Å². The van der Waals surface area contributed by atoms with Crippen LogP contribution < -0.4 is 5.73 Å². The maximum atomic E-state index is 10.0. The molecule has 0 aliphatic heterocycles. The van der Waals surface area contributed by atoms with Crippen molar-refractivity contribution in [3.63, 3.8) is 0 Å². The van der Waals surface area contributed by atoms with Gasteiger partial charge in [0.05, 0.1) is 12.7 Å². The molecule has 0 saturated carbocycles. The number of nitrogen functional groups attached to an aromatic ring is 1. The van der Waals surface area contributed by atoms with E-state index in [1.54, 1.807) is 0 Å². The van der Waals surface area contributed by atoms with E-state index in [9.17, 15) is 5.11 Å². The van der Waals surface area contributed by atoms with Crippen LogP contribution in [-0.4, -0.2) is 41.9 Å². The van der Waals surface area contributed by atoms with Crippen LogP contribution in [0.25, 0.3) is 0 Å². The Hall–Kier alpha value is -1.10. The van der Waals surface area contributed by atoms with Crippen molar-refractivity contribution in [1.29, 1.82) is 0 Å². The van der Waals surface area contributed by atoms with E-state index in [1.165, 1.54) is 0 Å². The highest BCUT2D eigenvalue weighted by molar-refractivity contribution is 5.48. The van der Waals surface area contributed by atoms with Crippen LogP contribution in [0.5, 0.6) is 0 Å². The molecule has 0 fully saturated rings. The van der Waals surface area contributed by atoms with Gasteiger partial charge in [-0.1, -0.05) is 12.1 Å². The second-order valence-corrected chi connectivity index (χ2v) is 4.45. The Kier molecular flexibility index (Phi) is 5.41. The molecule has 0 bridgehead atoms. The van der Waals surface area contributed by atoms with Gasteiger partial charge >= 0.3 is 0 Å². The minimum atomic E-state index is -0.501. The number of aliphatic hydroxyl groups is 2. The molecule has 96 valence electrons. The summed E-state index contributed by atoms with van der Waals surface area (Å²) in [5, 5.41) is 18.8. The molecule has 0 aliphatic carbocycles. The predicted molar refractivity (Wildman–Crippen MR) is 69.8 cm³/mol. The molecule has 0 aromatic heterocycles. The molecule has 1 rings (SSSR count). The lowest BCUT2D eigenvalue weighted by atomic mass is 10.0. The third kappa shape index (κ3) is 4.34. The van der Waals surface area contributed by atoms with Gasteiger partial charge in [0.2, 0.25) is 0 Å². The van der Waals surface area contributed by atoms with Crippen LogP contribution in [-0.2, 0) is 0 Å². The van der Waals surface area contributed by atoms with Gasteiger partial charge in [-0.2, -0.15) is 0 Å². The number of anilines is 1. The fourth-order valence-electron chi connectivity index (χ4n) is 1.66. The number of nitrogens with two attached hydrogens (primary N) is 1. The van der Waals surface area contributed by atoms with Crippen LogP contribution in [0.3, 0.4) is 0 Å². The Labute approximate surface area is 103 Å². The van der Waals surface area contributed by atoms with Crippen LogP contribution >= 0.6 is 0 Å². The molecule has 0 amide bonds. The maximum Gasteiger partial charge on any atom is 0.0803 e. The summed E-state index contributed by atoms with van der Waals surface area (Å²) in [7, 11) is 1.92. The first-order valence-corrected chi connectivity index (χ1v) is 5.88. The van der Waals surface area contributed by atoms with Gasteiger partial charge in [0.25, 0.3) is 0 Å². The van der Waals surface area contributed by atoms with Gasteiger partial charge in [0.15, 0.2) is 0 Å². The Morgan fingerprint density at radius 3 is 2.65 bits per heavy atom. The SMILES string of the molecule is Cc1ccc(C(O)CCN(C)CCO)cc1N. The van der Waals surface area contributed by atoms with Gasteiger partial charge in [-0.05, 0) is 37.6 Å². The van der Waals surface area contributed by atoms with Gasteiger partial charge in [0, 0.05) is 18.8 Å². The van der Waals surface area contributed by atoms with E-state index in [0.29, 0.717) is 18.7 Å². The summed E-state index contributed by atoms with van der Waals surface area (Å²) in [6.07, 6.45) is 0.137. The van der Waals surface area contributed by atoms with Gasteiger partial charge in [-0.15, -0.1) is 0 Å². The number of aliphatic hydroxyl groups excluding tert-OH is 2. The molecule has 4 N–H and O–H groups in total. The number of hydrogen-bond donors (Lipinski definition) is 3. The Morgan fingerprint density at radius 2 is 2.06 bits per heavy atom. The van der Waals surface area contributed by atoms with Crippen LogP contribution in [0.15, 0.2) is 18.2 Å². The summed E-state index contributed by atoms with van der Waals surface area (Å²) in [4.78, 5) is 1.99. The smallest absolute Gasteiger partial charge is 0.0803 e. The fourth-order valence-corrected chi connectivity index (χ4v) is 1.66. The van der Waals surface area contributed by atoms with Crippen LogP contribution in [0, 0.1) is 6.92 Å². The third-order valence-corrected chi connectivity index (χ3v) is 2.95. The van der Waals surface area contributed by atoms with E-state index in [-0.39, 0.29) is 6.61 Å². The summed E-state index contributed by atoms with van der Waals surface area (Å²) in [6, 6.07) is 5.65. The third-order valence-electron chi connectivity index (χ3n) is 2.95. The molecule has 0 aliphatic rings. The molecule has 4 heteroatoms. The molecule has 1 aromatic carbocycles. The maximum absolute atomic E-state index is 10.0. The normalized spacial score (nSPS) is 13.0. The molecular formula is C13H22N2O2. The summed E-state index contributed by atoms with van der Waals surface area (Å²) < 4.78 is 0. The average molecular weight is 238 g/mol. The molecule has 0 spiro atoms. The monoisotopic (exact) mass is 238 g/mol. The zero-order valence-corrected chi connectivity index (χ0v) is 10.6. The highest BCUT2D eigenvalue weighted by Gasteiger charge is 2.09. The zero-order chi connectivity index (χ0) is 12.8. The lowest BCUT2D eigenvalue weighted by molar-refractivity contribution is 0.141. The first kappa shape index (κ1) is 14.0. The Balaban J connectivity index is 2.52. The van der Waals surface area contributed by atoms with Crippen molar-refractivity contribution >= 4 is 5.69 Å². The van der Waals surface area contributed by atoms with Gasteiger partial charge in [-0.3, -0.25) is 0 Å². The number of aryl methyl sites for hydroxylation is 1. The van der Waals surface area contributed by atoms with E-state index in [4.69, 9.17) is 10.8 Å². The van der Waals surface area contributed by atoms with E-state index in [2.05, 4.69) is 0 Å². The van der Waals surface area contributed by atoms with Crippen LogP contribution in [0.4, 0.5) is 5.69 Å². The van der Waals surface area contributed by atoms with Crippen molar-refractivity contribution in [2.75, 3.05) is 32.5 Å². The van der Waals surface area contributed by atoms with Gasteiger partial charge in [-0.25, -0.2) is 0 Å². The summed E-state index contributed by atoms with van der Waals surface area (Å²) in [6.45, 7) is 3.46. The van der Waals surface area contributed by atoms with E-state index in [1.807, 2.05) is 37.1 Å². The highest BCUT2D eigenvalue weighted by Crippen LogP contribution is 2.21. The number of nitrogens with zero attached hydrogens (tertiary/aromatic N) is 1. The Bertz CT molecular complexity index is 355. The second kappa shape index (κ2) is 6.59. The van der Waals surface area contributed by atoms with Crippen molar-refractivity contribution < 1.29 is 10.2 Å². The fraction of sp³-hybridized carbons (Fsp3) is 0.538. The zero-order valence-electron chi connectivity index (χ0n) is 10.6. The minimum absolute atomic E-state index is 0.143. The molecular weight excluding hydrogens is 216 g/mol. The van der Waals surface area contributed by atoms with E-state index in [0.717, 1.165) is 17.7 Å². The van der Waals surface area contributed by atoms with Crippen molar-refractivity contribution in [3.8, 4) is 0 Å². The quantitative estimate of drug-likeness (QED) is 0.645. The molecule has 4 nitrogen and oxygen atoms in total. The van der Waals surface area contributed by atoms with Crippen molar-refractivity contribution in [1.82, 2.24) is 4.90 Å². The first-order valence-electron chi connectivity index (χ1n) is 5.88. The number of hydrogen-bond acceptors (Lipinski definition) is 4. The second-order valence-electron chi connectivity index (χ2n) is 4.45. The lowest BCUT2D eigenvalue weighted by Crippen LogP contribution is -2.24. The topological polar surface area (TPSA) is 69.7 Å². The lowest BCUT2D eigenvalue weighted by Gasteiger charge is -2.18. The summed E-state index contributed by atoms with van der Waals surface area (Å²) >= 11 is 0. The predicted octanol–water partition coefficient (Wildman–Crippen LogP) is 0.925. The van der Waals surface area contributed by atoms with E-state index < -0.39 is 6.10 Å². The molecule has 0 radical (unpaired) electrons. The van der Waals surface area contributed by atoms with Crippen molar-refractivity contribution in [2.24, 2.45) is 0 Å². The van der Waals surface area contributed by atoms with Gasteiger partial charge in [0.1, 0.15) is 0 Å². The van der Waals surface area contributed by atoms with Crippen LogP contribution in [0.2, 0.25) is 0 Å². The number of likely N-dealkylation sites (N-methyl/N-ethyl adjacent to an activating group) is 1. The molecule has 1 aromatic rings. The number of rotatable bonds is 6. The highest BCUT2D eigenvalue weighted by atomic mass is 16.3. The summed E-state index contributed by atoms with van der Waals surface area (Å²) in [5.74, 6) is 0. The number of benzene rings is 1. The molecule has 1 unspecified atom stereocenters. The van der Waals surface area contributed by atoms with Crippen LogP contribution in [0.1, 0.15) is 23.7 Å². The molecule has 0 saturated heterocycles. The van der Waals surface area contributed by atoms with Crippen molar-refractivity contribution in [2.45, 2.75) is 19.4 Å². The largest absolute Gasteiger partial charge is 0.399 e. The molecule has 17 heavy (non-hydrogen) atoms. The standard InChI is InChI=1S/C13H22N2O2/c1-10-3-4-11(9-12(10)14)13(17)5-6-15(2)7-8-16/h3-4,9,13,16-17H,5-8,14H2,1-2H3. The van der Waals surface area contributed by atoms with Gasteiger partial charge < -0.3 is 20.8 Å². The summed E-state index contributed by atoms with van der Waals surface area (Å²) in [5.41, 5.74) is 8.40. The molecule has 0 heterocycles. The first-order chi connectivity index (χ1) is 8.04.